The second kappa shape index (κ2) is 5.90. The number of carbonyl (C=O) groups excluding carboxylic acids is 2. The monoisotopic (exact) mass is 253 g/mol. The van der Waals surface area contributed by atoms with Crippen LogP contribution < -0.4 is 14.8 Å². The Balaban J connectivity index is 3.08. The maximum atomic E-state index is 11.4. The van der Waals surface area contributed by atoms with Crippen molar-refractivity contribution in [2.75, 3.05) is 26.6 Å². The van der Waals surface area contributed by atoms with Crippen LogP contribution in [0.1, 0.15) is 5.56 Å². The van der Waals surface area contributed by atoms with E-state index in [1.807, 2.05) is 0 Å². The normalized spacial score (nSPS) is 9.56. The summed E-state index contributed by atoms with van der Waals surface area (Å²) in [5, 5.41) is 2.44. The van der Waals surface area contributed by atoms with Crippen LogP contribution in [0, 0.1) is 6.92 Å². The van der Waals surface area contributed by atoms with Gasteiger partial charge in [-0.25, -0.2) is 4.79 Å². The molecule has 1 amide bonds. The Bertz CT molecular complexity index is 470. The molecule has 0 unspecified atom stereocenters. The fourth-order valence-electron chi connectivity index (χ4n) is 1.42. The smallest absolute Gasteiger partial charge is 0.396 e. The zero-order valence-electron chi connectivity index (χ0n) is 10.7. The highest BCUT2D eigenvalue weighted by atomic mass is 16.5. The molecule has 1 N–H and O–H groups in total. The van der Waals surface area contributed by atoms with Gasteiger partial charge in [0.25, 0.3) is 0 Å². The van der Waals surface area contributed by atoms with Crippen molar-refractivity contribution in [1.29, 1.82) is 0 Å². The predicted octanol–water partition coefficient (Wildman–Crippen LogP) is 1.12. The second-order valence-corrected chi connectivity index (χ2v) is 3.47. The van der Waals surface area contributed by atoms with Crippen molar-refractivity contribution in [1.82, 2.24) is 0 Å². The standard InChI is InChI=1S/C12H15NO5/c1-7-5-8(16-2)6-9(17-3)10(7)13-11(14)12(15)18-4/h5-6H,1-4H3,(H,13,14). The molecule has 1 rings (SSSR count). The lowest BCUT2D eigenvalue weighted by molar-refractivity contribution is -0.150. The average molecular weight is 253 g/mol. The van der Waals surface area contributed by atoms with E-state index in [-0.39, 0.29) is 0 Å². The molecule has 1 aromatic carbocycles. The number of amides is 1. The molecule has 1 aromatic rings. The largest absolute Gasteiger partial charge is 0.497 e. The van der Waals surface area contributed by atoms with Crippen LogP contribution in [0.3, 0.4) is 0 Å². The number of carbonyl (C=O) groups is 2. The molecule has 0 heterocycles. The van der Waals surface area contributed by atoms with Crippen LogP contribution in [0.25, 0.3) is 0 Å². The first-order valence-corrected chi connectivity index (χ1v) is 5.15. The van der Waals surface area contributed by atoms with Gasteiger partial charge in [-0.15, -0.1) is 0 Å². The van der Waals surface area contributed by atoms with Crippen molar-refractivity contribution in [2.45, 2.75) is 6.92 Å². The molecule has 0 bridgehead atoms. The van der Waals surface area contributed by atoms with Crippen LogP contribution >= 0.6 is 0 Å². The minimum absolute atomic E-state index is 0.407. The Labute approximate surface area is 105 Å². The molecule has 0 aromatic heterocycles. The third kappa shape index (κ3) is 2.91. The van der Waals surface area contributed by atoms with Crippen LogP contribution in [0.15, 0.2) is 12.1 Å². The molecule has 0 radical (unpaired) electrons. The van der Waals surface area contributed by atoms with E-state index in [0.29, 0.717) is 22.7 Å². The summed E-state index contributed by atoms with van der Waals surface area (Å²) < 4.78 is 14.5. The fourth-order valence-corrected chi connectivity index (χ4v) is 1.42. The topological polar surface area (TPSA) is 73.9 Å². The van der Waals surface area contributed by atoms with E-state index in [2.05, 4.69) is 10.1 Å². The number of anilines is 1. The first kappa shape index (κ1) is 13.8. The Hall–Kier alpha value is -2.24. The number of ether oxygens (including phenoxy) is 3. The van der Waals surface area contributed by atoms with Gasteiger partial charge in [0.05, 0.1) is 27.0 Å². The molecule has 0 aliphatic rings. The van der Waals surface area contributed by atoms with Crippen LogP contribution in [0.5, 0.6) is 11.5 Å². The van der Waals surface area contributed by atoms with E-state index >= 15 is 0 Å². The Morgan fingerprint density at radius 3 is 2.28 bits per heavy atom. The summed E-state index contributed by atoms with van der Waals surface area (Å²) >= 11 is 0. The van der Waals surface area contributed by atoms with E-state index in [1.54, 1.807) is 19.1 Å². The maximum Gasteiger partial charge on any atom is 0.396 e. The van der Waals surface area contributed by atoms with Crippen molar-refractivity contribution >= 4 is 17.6 Å². The van der Waals surface area contributed by atoms with E-state index in [9.17, 15) is 9.59 Å². The SMILES string of the molecule is COC(=O)C(=O)Nc1c(C)cc(OC)cc1OC. The summed E-state index contributed by atoms with van der Waals surface area (Å²) in [4.78, 5) is 22.5. The minimum atomic E-state index is -0.965. The van der Waals surface area contributed by atoms with Crippen LogP contribution in [-0.2, 0) is 14.3 Å². The number of esters is 1. The van der Waals surface area contributed by atoms with E-state index in [0.717, 1.165) is 7.11 Å². The van der Waals surface area contributed by atoms with Gasteiger partial charge >= 0.3 is 11.9 Å². The van der Waals surface area contributed by atoms with Crippen LogP contribution in [0.2, 0.25) is 0 Å². The summed E-state index contributed by atoms with van der Waals surface area (Å²) in [6.45, 7) is 1.76. The van der Waals surface area contributed by atoms with E-state index < -0.39 is 11.9 Å². The highest BCUT2D eigenvalue weighted by molar-refractivity contribution is 6.37. The third-order valence-electron chi connectivity index (χ3n) is 2.34. The summed E-state index contributed by atoms with van der Waals surface area (Å²) in [6, 6.07) is 3.33. The maximum absolute atomic E-state index is 11.4. The molecular formula is C12H15NO5. The van der Waals surface area contributed by atoms with Gasteiger partial charge in [-0.05, 0) is 18.6 Å². The van der Waals surface area contributed by atoms with Gasteiger partial charge in [0.2, 0.25) is 0 Å². The summed E-state index contributed by atoms with van der Waals surface area (Å²) in [5.74, 6) is -0.819. The van der Waals surface area contributed by atoms with Gasteiger partial charge in [-0.2, -0.15) is 0 Å². The van der Waals surface area contributed by atoms with Gasteiger partial charge in [0.15, 0.2) is 0 Å². The first-order valence-electron chi connectivity index (χ1n) is 5.15. The highest BCUT2D eigenvalue weighted by Gasteiger charge is 2.18. The molecule has 0 saturated heterocycles. The first-order chi connectivity index (χ1) is 8.53. The zero-order valence-corrected chi connectivity index (χ0v) is 10.7. The Morgan fingerprint density at radius 1 is 1.11 bits per heavy atom. The molecule has 98 valence electrons. The lowest BCUT2D eigenvalue weighted by Crippen LogP contribution is -2.24. The summed E-state index contributed by atoms with van der Waals surface area (Å²) in [6.07, 6.45) is 0. The molecule has 0 aliphatic carbocycles. The lowest BCUT2D eigenvalue weighted by atomic mass is 10.1. The molecule has 0 atom stereocenters. The third-order valence-corrected chi connectivity index (χ3v) is 2.34. The quantitative estimate of drug-likeness (QED) is 0.645. The molecule has 0 spiro atoms. The number of rotatable bonds is 3. The average Bonchev–Trinajstić information content (AvgIpc) is 2.39. The van der Waals surface area contributed by atoms with Gasteiger partial charge in [0, 0.05) is 6.07 Å². The number of nitrogens with one attached hydrogen (secondary N) is 1. The van der Waals surface area contributed by atoms with Crippen molar-refractivity contribution in [3.63, 3.8) is 0 Å². The fraction of sp³-hybridized carbons (Fsp3) is 0.333. The van der Waals surface area contributed by atoms with E-state index in [4.69, 9.17) is 9.47 Å². The number of hydrogen-bond donors (Lipinski definition) is 1. The van der Waals surface area contributed by atoms with Gasteiger partial charge in [-0.3, -0.25) is 4.79 Å². The molecule has 6 heteroatoms. The van der Waals surface area contributed by atoms with Crippen molar-refractivity contribution in [3.8, 4) is 11.5 Å². The van der Waals surface area contributed by atoms with Gasteiger partial charge in [-0.1, -0.05) is 0 Å². The molecule has 18 heavy (non-hydrogen) atoms. The zero-order chi connectivity index (χ0) is 13.7. The Morgan fingerprint density at radius 2 is 1.78 bits per heavy atom. The number of aryl methyl sites for hydroxylation is 1. The number of benzene rings is 1. The van der Waals surface area contributed by atoms with E-state index in [1.165, 1.54) is 14.2 Å². The van der Waals surface area contributed by atoms with Gasteiger partial charge in [0.1, 0.15) is 11.5 Å². The minimum Gasteiger partial charge on any atom is -0.497 e. The number of hydrogen-bond acceptors (Lipinski definition) is 5. The van der Waals surface area contributed by atoms with Crippen molar-refractivity contribution < 1.29 is 23.8 Å². The second-order valence-electron chi connectivity index (χ2n) is 3.47. The van der Waals surface area contributed by atoms with Crippen LogP contribution in [0.4, 0.5) is 5.69 Å². The van der Waals surface area contributed by atoms with Crippen molar-refractivity contribution in [3.05, 3.63) is 17.7 Å². The summed E-state index contributed by atoms with van der Waals surface area (Å²) in [5.41, 5.74) is 1.12. The summed E-state index contributed by atoms with van der Waals surface area (Å²) in [7, 11) is 4.13. The Kier molecular flexibility index (Phi) is 4.53. The molecular weight excluding hydrogens is 238 g/mol. The highest BCUT2D eigenvalue weighted by Crippen LogP contribution is 2.32. The molecule has 6 nitrogen and oxygen atoms in total. The predicted molar refractivity (Wildman–Crippen MR) is 64.9 cm³/mol. The van der Waals surface area contributed by atoms with Crippen LogP contribution in [-0.4, -0.2) is 33.2 Å². The lowest BCUT2D eigenvalue weighted by Gasteiger charge is -2.13. The van der Waals surface area contributed by atoms with Gasteiger partial charge < -0.3 is 19.5 Å². The molecule has 0 aliphatic heterocycles. The molecule has 0 saturated carbocycles. The molecule has 0 fully saturated rings. The van der Waals surface area contributed by atoms with Crippen molar-refractivity contribution in [2.24, 2.45) is 0 Å². The number of methoxy groups -OCH3 is 3.